The van der Waals surface area contributed by atoms with Gasteiger partial charge in [0.15, 0.2) is 0 Å². The zero-order valence-corrected chi connectivity index (χ0v) is 11.2. The number of amides is 1. The van der Waals surface area contributed by atoms with Crippen molar-refractivity contribution >= 4 is 5.91 Å². The van der Waals surface area contributed by atoms with E-state index in [-0.39, 0.29) is 11.8 Å². The van der Waals surface area contributed by atoms with E-state index in [1.807, 2.05) is 18.7 Å². The maximum Gasteiger partial charge on any atom is 0.225 e. The Kier molecular flexibility index (Phi) is 6.52. The number of likely N-dealkylation sites (tertiary alicyclic amines) is 1. The molecular formula is C13H26N2O2. The van der Waals surface area contributed by atoms with Gasteiger partial charge in [0, 0.05) is 25.6 Å². The maximum atomic E-state index is 12.1. The Bertz CT molecular complexity index is 225. The molecule has 1 aliphatic rings. The van der Waals surface area contributed by atoms with Crippen LogP contribution in [0.4, 0.5) is 0 Å². The van der Waals surface area contributed by atoms with Crippen molar-refractivity contribution in [3.05, 3.63) is 0 Å². The van der Waals surface area contributed by atoms with Crippen LogP contribution < -0.4 is 5.73 Å². The lowest BCUT2D eigenvalue weighted by molar-refractivity contribution is -0.137. The molecule has 0 saturated carbocycles. The highest BCUT2D eigenvalue weighted by atomic mass is 16.5. The minimum absolute atomic E-state index is 0.113. The van der Waals surface area contributed by atoms with Crippen LogP contribution in [0.2, 0.25) is 0 Å². The summed E-state index contributed by atoms with van der Waals surface area (Å²) >= 11 is 0. The van der Waals surface area contributed by atoms with Gasteiger partial charge in [0.05, 0.1) is 6.10 Å². The van der Waals surface area contributed by atoms with Crippen molar-refractivity contribution in [3.8, 4) is 0 Å². The molecule has 2 N–H and O–H groups in total. The molecule has 1 heterocycles. The lowest BCUT2D eigenvalue weighted by Gasteiger charge is -2.33. The van der Waals surface area contributed by atoms with Crippen LogP contribution in [0.1, 0.15) is 39.5 Å². The highest BCUT2D eigenvalue weighted by Crippen LogP contribution is 2.17. The van der Waals surface area contributed by atoms with Gasteiger partial charge in [0.25, 0.3) is 0 Å². The maximum absolute atomic E-state index is 12.1. The summed E-state index contributed by atoms with van der Waals surface area (Å²) in [5.41, 5.74) is 5.47. The zero-order valence-electron chi connectivity index (χ0n) is 11.2. The molecule has 1 unspecified atom stereocenters. The van der Waals surface area contributed by atoms with Crippen LogP contribution in [0, 0.1) is 5.92 Å². The summed E-state index contributed by atoms with van der Waals surface area (Å²) < 4.78 is 5.58. The largest absolute Gasteiger partial charge is 0.378 e. The lowest BCUT2D eigenvalue weighted by atomic mass is 10.0. The number of carbonyl (C=O) groups excluding carboxylic acids is 1. The molecule has 100 valence electrons. The fourth-order valence-corrected chi connectivity index (χ4v) is 2.34. The van der Waals surface area contributed by atoms with Crippen molar-refractivity contribution in [2.75, 3.05) is 26.2 Å². The number of nitrogens with two attached hydrogens (primary N) is 1. The van der Waals surface area contributed by atoms with Crippen LogP contribution in [0.15, 0.2) is 0 Å². The van der Waals surface area contributed by atoms with E-state index in [0.29, 0.717) is 12.6 Å². The molecule has 1 rings (SSSR count). The normalized spacial score (nSPS) is 19.4. The van der Waals surface area contributed by atoms with Crippen molar-refractivity contribution in [3.63, 3.8) is 0 Å². The van der Waals surface area contributed by atoms with Crippen molar-refractivity contribution in [1.82, 2.24) is 4.90 Å². The summed E-state index contributed by atoms with van der Waals surface area (Å²) in [6, 6.07) is 0. The van der Waals surface area contributed by atoms with Gasteiger partial charge in [-0.05, 0) is 39.2 Å². The minimum atomic E-state index is 0.113. The minimum Gasteiger partial charge on any atom is -0.378 e. The summed E-state index contributed by atoms with van der Waals surface area (Å²) in [7, 11) is 0. The Hall–Kier alpha value is -0.610. The standard InChI is InChI=1S/C13H26N2O2/c1-3-17-12-6-9-15(10-7-12)13(16)11(2)5-4-8-14/h11-12H,3-10,14H2,1-2H3. The van der Waals surface area contributed by atoms with Crippen LogP contribution in [-0.2, 0) is 9.53 Å². The van der Waals surface area contributed by atoms with Crippen LogP contribution in [0.3, 0.4) is 0 Å². The molecule has 1 aliphatic heterocycles. The van der Waals surface area contributed by atoms with E-state index in [9.17, 15) is 4.79 Å². The van der Waals surface area contributed by atoms with Gasteiger partial charge in [-0.2, -0.15) is 0 Å². The Morgan fingerprint density at radius 1 is 1.47 bits per heavy atom. The molecule has 4 heteroatoms. The van der Waals surface area contributed by atoms with Crippen LogP contribution >= 0.6 is 0 Å². The number of carbonyl (C=O) groups is 1. The second kappa shape index (κ2) is 7.67. The number of hydrogen-bond acceptors (Lipinski definition) is 3. The highest BCUT2D eigenvalue weighted by Gasteiger charge is 2.25. The molecule has 0 aromatic carbocycles. The van der Waals surface area contributed by atoms with Gasteiger partial charge < -0.3 is 15.4 Å². The van der Waals surface area contributed by atoms with Gasteiger partial charge >= 0.3 is 0 Å². The van der Waals surface area contributed by atoms with Gasteiger partial charge in [-0.15, -0.1) is 0 Å². The van der Waals surface area contributed by atoms with E-state index in [1.165, 1.54) is 0 Å². The molecular weight excluding hydrogens is 216 g/mol. The van der Waals surface area contributed by atoms with Crippen LogP contribution in [0.25, 0.3) is 0 Å². The summed E-state index contributed by atoms with van der Waals surface area (Å²) in [5, 5.41) is 0. The van der Waals surface area contributed by atoms with E-state index in [4.69, 9.17) is 10.5 Å². The van der Waals surface area contributed by atoms with E-state index < -0.39 is 0 Å². The van der Waals surface area contributed by atoms with E-state index in [2.05, 4.69) is 0 Å². The summed E-state index contributed by atoms with van der Waals surface area (Å²) in [6.07, 6.45) is 4.14. The Morgan fingerprint density at radius 2 is 2.12 bits per heavy atom. The first-order valence-electron chi connectivity index (χ1n) is 6.79. The predicted molar refractivity (Wildman–Crippen MR) is 68.7 cm³/mol. The molecule has 4 nitrogen and oxygen atoms in total. The third kappa shape index (κ3) is 4.64. The molecule has 0 spiro atoms. The molecule has 0 radical (unpaired) electrons. The number of nitrogens with zero attached hydrogens (tertiary/aromatic N) is 1. The summed E-state index contributed by atoms with van der Waals surface area (Å²) in [5.74, 6) is 0.399. The van der Waals surface area contributed by atoms with E-state index in [1.54, 1.807) is 0 Å². The Morgan fingerprint density at radius 3 is 2.65 bits per heavy atom. The van der Waals surface area contributed by atoms with Crippen molar-refractivity contribution in [1.29, 1.82) is 0 Å². The smallest absolute Gasteiger partial charge is 0.225 e. The third-order valence-electron chi connectivity index (χ3n) is 3.42. The fraction of sp³-hybridized carbons (Fsp3) is 0.923. The fourth-order valence-electron chi connectivity index (χ4n) is 2.34. The average Bonchev–Trinajstić information content (AvgIpc) is 2.36. The zero-order chi connectivity index (χ0) is 12.7. The highest BCUT2D eigenvalue weighted by molar-refractivity contribution is 5.78. The van der Waals surface area contributed by atoms with Crippen molar-refractivity contribution < 1.29 is 9.53 Å². The molecule has 1 atom stereocenters. The van der Waals surface area contributed by atoms with Crippen molar-refractivity contribution in [2.45, 2.75) is 45.6 Å². The second-order valence-corrected chi connectivity index (χ2v) is 4.81. The topological polar surface area (TPSA) is 55.6 Å². The van der Waals surface area contributed by atoms with E-state index in [0.717, 1.165) is 45.4 Å². The number of ether oxygens (including phenoxy) is 1. The molecule has 1 saturated heterocycles. The van der Waals surface area contributed by atoms with Gasteiger partial charge in [0.2, 0.25) is 5.91 Å². The second-order valence-electron chi connectivity index (χ2n) is 4.81. The number of hydrogen-bond donors (Lipinski definition) is 1. The molecule has 0 aromatic rings. The van der Waals surface area contributed by atoms with Crippen LogP contribution in [-0.4, -0.2) is 43.2 Å². The SMILES string of the molecule is CCOC1CCN(C(=O)C(C)CCCN)CC1. The first-order chi connectivity index (χ1) is 8.19. The van der Waals surface area contributed by atoms with Gasteiger partial charge in [0.1, 0.15) is 0 Å². The average molecular weight is 242 g/mol. The third-order valence-corrected chi connectivity index (χ3v) is 3.42. The lowest BCUT2D eigenvalue weighted by Crippen LogP contribution is -2.43. The van der Waals surface area contributed by atoms with Gasteiger partial charge in [-0.25, -0.2) is 0 Å². The molecule has 0 bridgehead atoms. The quantitative estimate of drug-likeness (QED) is 0.765. The van der Waals surface area contributed by atoms with Crippen molar-refractivity contribution in [2.24, 2.45) is 11.7 Å². The summed E-state index contributed by atoms with van der Waals surface area (Å²) in [6.45, 7) is 7.15. The van der Waals surface area contributed by atoms with Crippen LogP contribution in [0.5, 0.6) is 0 Å². The Labute approximate surface area is 104 Å². The Balaban J connectivity index is 2.30. The first-order valence-corrected chi connectivity index (χ1v) is 6.79. The molecule has 1 fully saturated rings. The van der Waals surface area contributed by atoms with Gasteiger partial charge in [-0.1, -0.05) is 6.92 Å². The predicted octanol–water partition coefficient (Wildman–Crippen LogP) is 1.39. The summed E-state index contributed by atoms with van der Waals surface area (Å²) in [4.78, 5) is 14.1. The molecule has 0 aliphatic carbocycles. The molecule has 0 aromatic heterocycles. The van der Waals surface area contributed by atoms with E-state index >= 15 is 0 Å². The molecule has 17 heavy (non-hydrogen) atoms. The first kappa shape index (κ1) is 14.5. The number of rotatable bonds is 6. The molecule has 1 amide bonds. The van der Waals surface area contributed by atoms with Gasteiger partial charge in [-0.3, -0.25) is 4.79 Å². The number of piperidine rings is 1. The monoisotopic (exact) mass is 242 g/mol.